The maximum atomic E-state index is 13.1. The van der Waals surface area contributed by atoms with Crippen molar-refractivity contribution < 1.29 is 17.9 Å². The first-order valence-electron chi connectivity index (χ1n) is 10.3. The Bertz CT molecular complexity index is 1420. The fourth-order valence-electron chi connectivity index (χ4n) is 3.28. The summed E-state index contributed by atoms with van der Waals surface area (Å²) < 4.78 is 33.9. The lowest BCUT2D eigenvalue weighted by atomic mass is 10.2. The van der Waals surface area contributed by atoms with Gasteiger partial charge in [-0.05, 0) is 36.8 Å². The van der Waals surface area contributed by atoms with Gasteiger partial charge in [0.15, 0.2) is 5.82 Å². The van der Waals surface area contributed by atoms with Gasteiger partial charge in [-0.2, -0.15) is 0 Å². The van der Waals surface area contributed by atoms with Crippen LogP contribution >= 0.6 is 0 Å². The minimum atomic E-state index is -3.94. The normalized spacial score (nSPS) is 11.0. The zero-order chi connectivity index (χ0) is 24.1. The number of anilines is 2. The highest BCUT2D eigenvalue weighted by molar-refractivity contribution is 7.92. The van der Waals surface area contributed by atoms with Gasteiger partial charge in [0.1, 0.15) is 5.75 Å². The van der Waals surface area contributed by atoms with Crippen molar-refractivity contribution in [2.45, 2.75) is 11.8 Å². The second kappa shape index (κ2) is 9.72. The van der Waals surface area contributed by atoms with Gasteiger partial charge in [0.25, 0.3) is 15.9 Å². The monoisotopic (exact) mass is 474 g/mol. The second-order valence-corrected chi connectivity index (χ2v) is 9.05. The number of aromatic nitrogens is 2. The van der Waals surface area contributed by atoms with Gasteiger partial charge >= 0.3 is 0 Å². The molecule has 8 nitrogen and oxygen atoms in total. The van der Waals surface area contributed by atoms with Crippen LogP contribution in [0.1, 0.15) is 15.9 Å². The number of hydrogen-bond acceptors (Lipinski definition) is 6. The van der Waals surface area contributed by atoms with Crippen LogP contribution < -0.4 is 14.8 Å². The van der Waals surface area contributed by atoms with E-state index in [0.717, 1.165) is 5.56 Å². The zero-order valence-electron chi connectivity index (χ0n) is 18.5. The van der Waals surface area contributed by atoms with Crippen LogP contribution in [0.15, 0.2) is 90.1 Å². The number of nitrogens with one attached hydrogen (secondary N) is 2. The first-order chi connectivity index (χ1) is 16.4. The summed E-state index contributed by atoms with van der Waals surface area (Å²) in [5.74, 6) is 0.444. The molecule has 0 atom stereocenters. The van der Waals surface area contributed by atoms with Crippen LogP contribution in [-0.2, 0) is 10.0 Å². The van der Waals surface area contributed by atoms with Crippen molar-refractivity contribution in [3.63, 3.8) is 0 Å². The Balaban J connectivity index is 1.54. The molecule has 0 fully saturated rings. The molecule has 1 heterocycles. The number of hydrogen-bond donors (Lipinski definition) is 2. The summed E-state index contributed by atoms with van der Waals surface area (Å²) in [7, 11) is -2.48. The molecule has 1 aromatic heterocycles. The highest BCUT2D eigenvalue weighted by atomic mass is 32.2. The lowest BCUT2D eigenvalue weighted by Gasteiger charge is -2.14. The number of ether oxygens (including phenoxy) is 1. The molecule has 34 heavy (non-hydrogen) atoms. The summed E-state index contributed by atoms with van der Waals surface area (Å²) in [6, 6.07) is 20.8. The Morgan fingerprint density at radius 2 is 1.59 bits per heavy atom. The Morgan fingerprint density at radius 1 is 0.912 bits per heavy atom. The molecule has 1 amide bonds. The van der Waals surface area contributed by atoms with Crippen molar-refractivity contribution in [1.29, 1.82) is 0 Å². The van der Waals surface area contributed by atoms with Crippen LogP contribution in [0.4, 0.5) is 11.4 Å². The average molecular weight is 475 g/mol. The van der Waals surface area contributed by atoms with Gasteiger partial charge in [-0.25, -0.2) is 18.4 Å². The van der Waals surface area contributed by atoms with Crippen LogP contribution in [-0.4, -0.2) is 31.4 Å². The van der Waals surface area contributed by atoms with Crippen LogP contribution in [0.2, 0.25) is 0 Å². The molecule has 0 radical (unpaired) electrons. The molecule has 0 unspecified atom stereocenters. The molecule has 0 aliphatic heterocycles. The number of methoxy groups -OCH3 is 1. The van der Waals surface area contributed by atoms with Gasteiger partial charge in [0, 0.05) is 23.6 Å². The molecule has 0 spiro atoms. The highest BCUT2D eigenvalue weighted by Crippen LogP contribution is 2.28. The molecular weight excluding hydrogens is 452 g/mol. The van der Waals surface area contributed by atoms with E-state index in [9.17, 15) is 13.2 Å². The predicted octanol–water partition coefficient (Wildman–Crippen LogP) is 4.51. The topological polar surface area (TPSA) is 110 Å². The largest absolute Gasteiger partial charge is 0.495 e. The fourth-order valence-corrected chi connectivity index (χ4v) is 4.62. The second-order valence-electron chi connectivity index (χ2n) is 7.40. The number of amides is 1. The van der Waals surface area contributed by atoms with Gasteiger partial charge in [0.05, 0.1) is 23.3 Å². The number of carbonyl (C=O) groups excluding carboxylic acids is 1. The Kier molecular flexibility index (Phi) is 6.55. The maximum Gasteiger partial charge on any atom is 0.262 e. The molecule has 4 rings (SSSR count). The van der Waals surface area contributed by atoms with Crippen LogP contribution in [0, 0.1) is 6.92 Å². The Labute approximate surface area is 197 Å². The molecule has 172 valence electrons. The number of aryl methyl sites for hydroxylation is 1. The molecule has 0 saturated heterocycles. The van der Waals surface area contributed by atoms with E-state index in [2.05, 4.69) is 20.0 Å². The van der Waals surface area contributed by atoms with E-state index >= 15 is 0 Å². The molecular formula is C25H22N4O4S. The van der Waals surface area contributed by atoms with Crippen molar-refractivity contribution in [1.82, 2.24) is 9.97 Å². The van der Waals surface area contributed by atoms with E-state index in [-0.39, 0.29) is 10.5 Å². The van der Waals surface area contributed by atoms with Crippen molar-refractivity contribution in [2.24, 2.45) is 0 Å². The van der Waals surface area contributed by atoms with E-state index in [1.165, 1.54) is 25.6 Å². The SMILES string of the molecule is COc1ccccc1NS(=O)(=O)c1cc(NC(=O)c2cnc(-c3ccccc3)nc2)ccc1C. The number of rotatable bonds is 7. The van der Waals surface area contributed by atoms with Crippen molar-refractivity contribution in [3.8, 4) is 17.1 Å². The van der Waals surface area contributed by atoms with E-state index in [0.29, 0.717) is 28.5 Å². The molecule has 4 aromatic rings. The highest BCUT2D eigenvalue weighted by Gasteiger charge is 2.20. The summed E-state index contributed by atoms with van der Waals surface area (Å²) in [5.41, 5.74) is 2.25. The third-order valence-electron chi connectivity index (χ3n) is 5.03. The van der Waals surface area contributed by atoms with Gasteiger partial charge in [-0.1, -0.05) is 48.5 Å². The molecule has 0 aliphatic carbocycles. The number of carbonyl (C=O) groups is 1. The average Bonchev–Trinajstić information content (AvgIpc) is 2.86. The summed E-state index contributed by atoms with van der Waals surface area (Å²) >= 11 is 0. The van der Waals surface area contributed by atoms with E-state index in [1.807, 2.05) is 30.3 Å². The molecule has 0 saturated carbocycles. The van der Waals surface area contributed by atoms with Gasteiger partial charge in [-0.15, -0.1) is 0 Å². The third-order valence-corrected chi connectivity index (χ3v) is 6.54. The molecule has 3 aromatic carbocycles. The first kappa shape index (κ1) is 22.9. The summed E-state index contributed by atoms with van der Waals surface area (Å²) in [6.45, 7) is 1.68. The van der Waals surface area contributed by atoms with E-state index in [4.69, 9.17) is 4.74 Å². The minimum absolute atomic E-state index is 0.0341. The molecule has 0 aliphatic rings. The Hall–Kier alpha value is -4.24. The number of sulfonamides is 1. The standard InChI is InChI=1S/C25H22N4O4S/c1-17-12-13-20(14-23(17)34(31,32)29-21-10-6-7-11-22(21)33-2)28-25(30)19-15-26-24(27-16-19)18-8-4-3-5-9-18/h3-16,29H,1-2H3,(H,28,30). The van der Waals surface area contributed by atoms with Gasteiger partial charge in [-0.3, -0.25) is 9.52 Å². The number of benzene rings is 3. The lowest BCUT2D eigenvalue weighted by molar-refractivity contribution is 0.102. The maximum absolute atomic E-state index is 13.1. The summed E-state index contributed by atoms with van der Waals surface area (Å²) in [5, 5.41) is 2.71. The Morgan fingerprint density at radius 3 is 2.29 bits per heavy atom. The van der Waals surface area contributed by atoms with Gasteiger partial charge in [0.2, 0.25) is 0 Å². The molecule has 9 heteroatoms. The number of para-hydroxylation sites is 2. The van der Waals surface area contributed by atoms with Crippen LogP contribution in [0.25, 0.3) is 11.4 Å². The predicted molar refractivity (Wildman–Crippen MR) is 130 cm³/mol. The molecule has 2 N–H and O–H groups in total. The first-order valence-corrected chi connectivity index (χ1v) is 11.8. The fraction of sp³-hybridized carbons (Fsp3) is 0.0800. The lowest BCUT2D eigenvalue weighted by Crippen LogP contribution is -2.17. The molecule has 0 bridgehead atoms. The van der Waals surface area contributed by atoms with Crippen LogP contribution in [0.5, 0.6) is 5.75 Å². The minimum Gasteiger partial charge on any atom is -0.495 e. The zero-order valence-corrected chi connectivity index (χ0v) is 19.3. The third kappa shape index (κ3) is 5.05. The number of nitrogens with zero attached hydrogens (tertiary/aromatic N) is 2. The van der Waals surface area contributed by atoms with Crippen molar-refractivity contribution in [2.75, 3.05) is 17.1 Å². The smallest absolute Gasteiger partial charge is 0.262 e. The van der Waals surface area contributed by atoms with E-state index in [1.54, 1.807) is 43.3 Å². The van der Waals surface area contributed by atoms with E-state index < -0.39 is 15.9 Å². The summed E-state index contributed by atoms with van der Waals surface area (Å²) in [4.78, 5) is 21.3. The quantitative estimate of drug-likeness (QED) is 0.408. The van der Waals surface area contributed by atoms with Crippen molar-refractivity contribution >= 4 is 27.3 Å². The van der Waals surface area contributed by atoms with Gasteiger partial charge < -0.3 is 10.1 Å². The van der Waals surface area contributed by atoms with Crippen LogP contribution in [0.3, 0.4) is 0 Å². The van der Waals surface area contributed by atoms with Crippen molar-refractivity contribution in [3.05, 3.63) is 96.3 Å². The summed E-state index contributed by atoms with van der Waals surface area (Å²) in [6.07, 6.45) is 2.86.